The molecule has 0 unspecified atom stereocenters. The lowest BCUT2D eigenvalue weighted by Gasteiger charge is -2.20. The summed E-state index contributed by atoms with van der Waals surface area (Å²) in [5.41, 5.74) is 2.70. The second kappa shape index (κ2) is 4.99. The minimum atomic E-state index is 0.166. The van der Waals surface area contributed by atoms with E-state index < -0.39 is 0 Å². The van der Waals surface area contributed by atoms with Crippen LogP contribution in [-0.4, -0.2) is 23.2 Å². The summed E-state index contributed by atoms with van der Waals surface area (Å²) >= 11 is 0. The van der Waals surface area contributed by atoms with Crippen LogP contribution in [0.15, 0.2) is 30.5 Å². The summed E-state index contributed by atoms with van der Waals surface area (Å²) < 4.78 is 0. The highest BCUT2D eigenvalue weighted by molar-refractivity contribution is 5.83. The van der Waals surface area contributed by atoms with Crippen LogP contribution in [0.4, 0.5) is 0 Å². The normalized spacial score (nSPS) is 18.6. The molecular formula is C16H22N2O. The van der Waals surface area contributed by atoms with Gasteiger partial charge in [0, 0.05) is 41.7 Å². The molecule has 102 valence electrons. The van der Waals surface area contributed by atoms with Crippen LogP contribution in [-0.2, 0) is 0 Å². The Hall–Kier alpha value is -1.32. The molecule has 1 heterocycles. The fraction of sp³-hybridized carbons (Fsp3) is 0.500. The highest BCUT2D eigenvalue weighted by Crippen LogP contribution is 2.44. The Kier molecular flexibility index (Phi) is 3.33. The van der Waals surface area contributed by atoms with Crippen LogP contribution in [0.25, 0.3) is 10.9 Å². The van der Waals surface area contributed by atoms with E-state index in [1.807, 2.05) is 0 Å². The van der Waals surface area contributed by atoms with Crippen molar-refractivity contribution in [3.05, 3.63) is 36.0 Å². The lowest BCUT2D eigenvalue weighted by Crippen LogP contribution is -2.29. The van der Waals surface area contributed by atoms with E-state index in [4.69, 9.17) is 0 Å². The van der Waals surface area contributed by atoms with Crippen molar-refractivity contribution >= 4 is 10.9 Å². The first-order valence-electron chi connectivity index (χ1n) is 7.18. The van der Waals surface area contributed by atoms with Crippen molar-refractivity contribution in [1.29, 1.82) is 0 Å². The van der Waals surface area contributed by atoms with Crippen molar-refractivity contribution in [3.63, 3.8) is 0 Å². The zero-order valence-corrected chi connectivity index (χ0v) is 11.4. The van der Waals surface area contributed by atoms with Gasteiger partial charge in [-0.2, -0.15) is 0 Å². The van der Waals surface area contributed by atoms with Crippen LogP contribution in [0.5, 0.6) is 0 Å². The number of nitrogens with one attached hydrogen (secondary N) is 2. The lowest BCUT2D eigenvalue weighted by atomic mass is 10.0. The lowest BCUT2D eigenvalue weighted by molar-refractivity contribution is 0.203. The van der Waals surface area contributed by atoms with Crippen molar-refractivity contribution in [3.8, 4) is 0 Å². The van der Waals surface area contributed by atoms with E-state index in [0.717, 1.165) is 25.8 Å². The van der Waals surface area contributed by atoms with Gasteiger partial charge in [0.2, 0.25) is 0 Å². The third-order valence-corrected chi connectivity index (χ3v) is 4.42. The molecule has 3 rings (SSSR count). The first-order chi connectivity index (χ1) is 9.28. The number of aromatic nitrogens is 1. The van der Waals surface area contributed by atoms with Gasteiger partial charge in [-0.15, -0.1) is 0 Å². The summed E-state index contributed by atoms with van der Waals surface area (Å²) in [4.78, 5) is 3.34. The molecule has 2 aromatic rings. The quantitative estimate of drug-likeness (QED) is 0.746. The number of hydrogen-bond donors (Lipinski definition) is 3. The average Bonchev–Trinajstić information content (AvgIpc) is 3.12. The Bertz CT molecular complexity index is 557. The molecule has 0 bridgehead atoms. The third kappa shape index (κ3) is 2.40. The summed E-state index contributed by atoms with van der Waals surface area (Å²) in [6.45, 7) is 3.43. The SMILES string of the molecule is CC[C@@H](NCC1(CO)CC1)c1c[nH]c2ccccc12. The maximum atomic E-state index is 9.40. The average molecular weight is 258 g/mol. The smallest absolute Gasteiger partial charge is 0.0499 e. The zero-order chi connectivity index (χ0) is 13.3. The molecule has 19 heavy (non-hydrogen) atoms. The molecule has 3 nitrogen and oxygen atoms in total. The predicted molar refractivity (Wildman–Crippen MR) is 78.1 cm³/mol. The fourth-order valence-electron chi connectivity index (χ4n) is 2.76. The maximum Gasteiger partial charge on any atom is 0.0499 e. The minimum Gasteiger partial charge on any atom is -0.396 e. The van der Waals surface area contributed by atoms with Crippen LogP contribution in [0.1, 0.15) is 37.8 Å². The van der Waals surface area contributed by atoms with Crippen molar-refractivity contribution in [2.24, 2.45) is 5.41 Å². The van der Waals surface area contributed by atoms with E-state index in [1.54, 1.807) is 0 Å². The van der Waals surface area contributed by atoms with Gasteiger partial charge in [0.05, 0.1) is 0 Å². The summed E-state index contributed by atoms with van der Waals surface area (Å²) in [6, 6.07) is 8.79. The molecule has 1 atom stereocenters. The summed E-state index contributed by atoms with van der Waals surface area (Å²) in [5, 5.41) is 14.3. The number of hydrogen-bond acceptors (Lipinski definition) is 2. The molecule has 3 heteroatoms. The summed E-state index contributed by atoms with van der Waals surface area (Å²) in [5.74, 6) is 0. The molecule has 1 aliphatic rings. The van der Waals surface area contributed by atoms with E-state index in [9.17, 15) is 5.11 Å². The third-order valence-electron chi connectivity index (χ3n) is 4.42. The Balaban J connectivity index is 1.78. The number of para-hydroxylation sites is 1. The first kappa shape index (κ1) is 12.7. The minimum absolute atomic E-state index is 0.166. The van der Waals surface area contributed by atoms with Crippen LogP contribution in [0, 0.1) is 5.41 Å². The summed E-state index contributed by atoms with van der Waals surface area (Å²) in [6.07, 6.45) is 5.48. The summed E-state index contributed by atoms with van der Waals surface area (Å²) in [7, 11) is 0. The van der Waals surface area contributed by atoms with Crippen molar-refractivity contribution < 1.29 is 5.11 Å². The van der Waals surface area contributed by atoms with Gasteiger partial charge in [0.15, 0.2) is 0 Å². The van der Waals surface area contributed by atoms with Gasteiger partial charge in [-0.25, -0.2) is 0 Å². The van der Waals surface area contributed by atoms with Crippen LogP contribution in [0.2, 0.25) is 0 Å². The monoisotopic (exact) mass is 258 g/mol. The molecular weight excluding hydrogens is 236 g/mol. The highest BCUT2D eigenvalue weighted by Gasteiger charge is 2.41. The van der Waals surface area contributed by atoms with Gasteiger partial charge >= 0.3 is 0 Å². The molecule has 0 saturated heterocycles. The molecule has 1 saturated carbocycles. The van der Waals surface area contributed by atoms with Gasteiger partial charge < -0.3 is 15.4 Å². The topological polar surface area (TPSA) is 48.0 Å². The molecule has 0 aliphatic heterocycles. The molecule has 1 fully saturated rings. The Morgan fingerprint density at radius 2 is 2.16 bits per heavy atom. The number of aliphatic hydroxyl groups is 1. The Labute approximate surface area is 114 Å². The fourth-order valence-corrected chi connectivity index (χ4v) is 2.76. The van der Waals surface area contributed by atoms with Crippen LogP contribution in [0.3, 0.4) is 0 Å². The van der Waals surface area contributed by atoms with Crippen molar-refractivity contribution in [2.45, 2.75) is 32.2 Å². The molecule has 3 N–H and O–H groups in total. The van der Waals surface area contributed by atoms with E-state index in [2.05, 4.69) is 47.7 Å². The number of aromatic amines is 1. The largest absolute Gasteiger partial charge is 0.396 e. The van der Waals surface area contributed by atoms with Gasteiger partial charge in [-0.1, -0.05) is 25.1 Å². The number of fused-ring (bicyclic) bond motifs is 1. The Morgan fingerprint density at radius 1 is 1.37 bits per heavy atom. The van der Waals surface area contributed by atoms with Gasteiger partial charge in [-0.05, 0) is 30.9 Å². The second-order valence-electron chi connectivity index (χ2n) is 5.79. The number of benzene rings is 1. The van der Waals surface area contributed by atoms with E-state index in [1.165, 1.54) is 16.5 Å². The Morgan fingerprint density at radius 3 is 2.84 bits per heavy atom. The molecule has 1 aromatic heterocycles. The molecule has 1 aromatic carbocycles. The second-order valence-corrected chi connectivity index (χ2v) is 5.79. The zero-order valence-electron chi connectivity index (χ0n) is 11.4. The maximum absolute atomic E-state index is 9.40. The number of rotatable bonds is 6. The van der Waals surface area contributed by atoms with Crippen molar-refractivity contribution in [1.82, 2.24) is 10.3 Å². The van der Waals surface area contributed by atoms with E-state index >= 15 is 0 Å². The number of H-pyrrole nitrogens is 1. The van der Waals surface area contributed by atoms with Gasteiger partial charge in [-0.3, -0.25) is 0 Å². The molecule has 0 amide bonds. The molecule has 1 aliphatic carbocycles. The molecule has 0 spiro atoms. The molecule has 0 radical (unpaired) electrons. The van der Waals surface area contributed by atoms with E-state index in [0.29, 0.717) is 12.6 Å². The van der Waals surface area contributed by atoms with Crippen molar-refractivity contribution in [2.75, 3.05) is 13.2 Å². The van der Waals surface area contributed by atoms with Crippen LogP contribution < -0.4 is 5.32 Å². The number of aliphatic hydroxyl groups excluding tert-OH is 1. The first-order valence-corrected chi connectivity index (χ1v) is 7.18. The van der Waals surface area contributed by atoms with Gasteiger partial charge in [0.1, 0.15) is 0 Å². The standard InChI is InChI=1S/C16H22N2O/c1-2-14(18-10-16(11-19)7-8-16)13-9-17-15-6-4-3-5-12(13)15/h3-6,9,14,17-19H,2,7-8,10-11H2,1H3/t14-/m1/s1. The predicted octanol–water partition coefficient (Wildman–Crippen LogP) is 2.98. The van der Waals surface area contributed by atoms with Crippen LogP contribution >= 0.6 is 0 Å². The van der Waals surface area contributed by atoms with Gasteiger partial charge in [0.25, 0.3) is 0 Å². The van der Waals surface area contributed by atoms with E-state index in [-0.39, 0.29) is 5.41 Å². The highest BCUT2D eigenvalue weighted by atomic mass is 16.3.